The first kappa shape index (κ1) is 20.5. The Morgan fingerprint density at radius 3 is 2.70 bits per heavy atom. The van der Waals surface area contributed by atoms with Gasteiger partial charge in [-0.05, 0) is 24.8 Å². The number of likely N-dealkylation sites (tertiary alicyclic amines) is 1. The molecule has 0 aliphatic carbocycles. The molecule has 2 rings (SSSR count). The molecule has 1 aromatic rings. The molecule has 27 heavy (non-hydrogen) atoms. The Balaban J connectivity index is 1.99. The van der Waals surface area contributed by atoms with Crippen molar-refractivity contribution < 1.29 is 24.2 Å². The Bertz CT molecular complexity index is 674. The van der Waals surface area contributed by atoms with E-state index >= 15 is 0 Å². The molecule has 0 aromatic heterocycles. The van der Waals surface area contributed by atoms with E-state index in [-0.39, 0.29) is 18.4 Å². The fraction of sp³-hybridized carbons (Fsp3) is 0.450. The Hall–Kier alpha value is -2.83. The molecule has 7 heteroatoms. The van der Waals surface area contributed by atoms with Gasteiger partial charge in [-0.3, -0.25) is 9.59 Å². The van der Waals surface area contributed by atoms with Gasteiger partial charge in [-0.15, -0.1) is 0 Å². The molecular formula is C20H26N2O5. The average Bonchev–Trinajstić information content (AvgIpc) is 2.98. The number of hydrogen-bond donors (Lipinski definition) is 2. The van der Waals surface area contributed by atoms with E-state index in [4.69, 9.17) is 15.6 Å². The fourth-order valence-electron chi connectivity index (χ4n) is 3.31. The number of carboxylic acids is 1. The van der Waals surface area contributed by atoms with Crippen molar-refractivity contribution in [2.75, 3.05) is 6.54 Å². The van der Waals surface area contributed by atoms with Crippen LogP contribution in [0.5, 0.6) is 0 Å². The molecule has 1 aromatic carbocycles. The molecule has 3 N–H and O–H groups in total. The summed E-state index contributed by atoms with van der Waals surface area (Å²) in [4.78, 5) is 35.9. The molecule has 0 radical (unpaired) electrons. The van der Waals surface area contributed by atoms with Gasteiger partial charge in [0.25, 0.3) is 0 Å². The highest BCUT2D eigenvalue weighted by atomic mass is 16.6. The molecule has 0 saturated carbocycles. The van der Waals surface area contributed by atoms with E-state index in [0.717, 1.165) is 5.56 Å². The first-order valence-electron chi connectivity index (χ1n) is 9.13. The van der Waals surface area contributed by atoms with Crippen molar-refractivity contribution in [1.82, 2.24) is 4.90 Å². The topological polar surface area (TPSA) is 110 Å². The third-order valence-electron chi connectivity index (χ3n) is 4.58. The summed E-state index contributed by atoms with van der Waals surface area (Å²) < 4.78 is 5.34. The molecule has 1 fully saturated rings. The van der Waals surface area contributed by atoms with Crippen molar-refractivity contribution in [3.8, 4) is 0 Å². The van der Waals surface area contributed by atoms with Crippen LogP contribution < -0.4 is 5.73 Å². The second-order valence-corrected chi connectivity index (χ2v) is 6.57. The molecule has 1 aliphatic heterocycles. The van der Waals surface area contributed by atoms with E-state index in [1.807, 2.05) is 42.5 Å². The molecule has 2 atom stereocenters. The predicted molar refractivity (Wildman–Crippen MR) is 100.0 cm³/mol. The predicted octanol–water partition coefficient (Wildman–Crippen LogP) is 2.50. The Labute approximate surface area is 158 Å². The van der Waals surface area contributed by atoms with Crippen LogP contribution in [0.4, 0.5) is 4.79 Å². The van der Waals surface area contributed by atoms with Crippen LogP contribution in [0.15, 0.2) is 42.5 Å². The van der Waals surface area contributed by atoms with Gasteiger partial charge >= 0.3 is 12.1 Å². The van der Waals surface area contributed by atoms with Gasteiger partial charge in [-0.25, -0.2) is 4.79 Å². The number of carbonyl (C=O) groups excluding carboxylic acids is 2. The minimum atomic E-state index is -0.848. The number of aliphatic carboxylic acids is 1. The summed E-state index contributed by atoms with van der Waals surface area (Å²) in [5, 5.41) is 8.64. The van der Waals surface area contributed by atoms with Gasteiger partial charge < -0.3 is 20.5 Å². The lowest BCUT2D eigenvalue weighted by atomic mass is 10.00. The quantitative estimate of drug-likeness (QED) is 0.483. The summed E-state index contributed by atoms with van der Waals surface area (Å²) in [6, 6.07) is 9.39. The highest BCUT2D eigenvalue weighted by molar-refractivity contribution is 5.79. The second kappa shape index (κ2) is 10.4. The number of nitrogens with zero attached hydrogens (tertiary/aromatic N) is 1. The number of benzene rings is 1. The minimum Gasteiger partial charge on any atom is -0.481 e. The van der Waals surface area contributed by atoms with Crippen molar-refractivity contribution in [2.24, 2.45) is 5.73 Å². The van der Waals surface area contributed by atoms with Crippen LogP contribution in [0.3, 0.4) is 0 Å². The smallest absolute Gasteiger partial charge is 0.404 e. The van der Waals surface area contributed by atoms with Crippen LogP contribution in [-0.2, 0) is 20.7 Å². The first-order valence-corrected chi connectivity index (χ1v) is 9.13. The van der Waals surface area contributed by atoms with E-state index in [1.165, 1.54) is 0 Å². The SMILES string of the molecule is NC(=O)OC(Cc1ccccc1)[C@H]1CCC(=O)N1C/C=C\CCCC(=O)O. The van der Waals surface area contributed by atoms with E-state index in [0.29, 0.717) is 38.6 Å². The maximum Gasteiger partial charge on any atom is 0.404 e. The van der Waals surface area contributed by atoms with Crippen LogP contribution >= 0.6 is 0 Å². The molecule has 0 bridgehead atoms. The summed E-state index contributed by atoms with van der Waals surface area (Å²) in [6.45, 7) is 0.407. The number of ether oxygens (including phenoxy) is 1. The van der Waals surface area contributed by atoms with E-state index in [1.54, 1.807) is 4.90 Å². The third-order valence-corrected chi connectivity index (χ3v) is 4.58. The molecule has 146 valence electrons. The van der Waals surface area contributed by atoms with Gasteiger partial charge in [0.1, 0.15) is 6.10 Å². The lowest BCUT2D eigenvalue weighted by molar-refractivity contribution is -0.137. The zero-order valence-corrected chi connectivity index (χ0v) is 15.3. The molecule has 1 heterocycles. The number of hydrogen-bond acceptors (Lipinski definition) is 4. The average molecular weight is 374 g/mol. The highest BCUT2D eigenvalue weighted by Crippen LogP contribution is 2.25. The van der Waals surface area contributed by atoms with Crippen molar-refractivity contribution in [3.63, 3.8) is 0 Å². The van der Waals surface area contributed by atoms with Gasteiger partial charge in [0.2, 0.25) is 5.91 Å². The van der Waals surface area contributed by atoms with Crippen molar-refractivity contribution >= 4 is 18.0 Å². The second-order valence-electron chi connectivity index (χ2n) is 6.57. The minimum absolute atomic E-state index is 0.0151. The molecule has 1 aliphatic rings. The molecule has 1 saturated heterocycles. The fourth-order valence-corrected chi connectivity index (χ4v) is 3.31. The number of primary amides is 1. The van der Waals surface area contributed by atoms with Crippen molar-refractivity contribution in [2.45, 2.75) is 50.7 Å². The summed E-state index contributed by atoms with van der Waals surface area (Å²) in [7, 11) is 0. The summed E-state index contributed by atoms with van der Waals surface area (Å²) in [5.74, 6) is -0.799. The van der Waals surface area contributed by atoms with Crippen LogP contribution in [0.2, 0.25) is 0 Å². The lowest BCUT2D eigenvalue weighted by Crippen LogP contribution is -2.45. The Morgan fingerprint density at radius 2 is 2.04 bits per heavy atom. The lowest BCUT2D eigenvalue weighted by Gasteiger charge is -2.30. The van der Waals surface area contributed by atoms with E-state index in [2.05, 4.69) is 0 Å². The van der Waals surface area contributed by atoms with Gasteiger partial charge in [-0.1, -0.05) is 42.5 Å². The monoisotopic (exact) mass is 374 g/mol. The number of carbonyl (C=O) groups is 3. The number of carboxylic acid groups (broad SMARTS) is 1. The Kier molecular flexibility index (Phi) is 7.85. The van der Waals surface area contributed by atoms with Gasteiger partial charge in [0.15, 0.2) is 0 Å². The number of allylic oxidation sites excluding steroid dienone is 1. The third kappa shape index (κ3) is 6.77. The van der Waals surface area contributed by atoms with Crippen molar-refractivity contribution in [1.29, 1.82) is 0 Å². The number of nitrogens with two attached hydrogens (primary N) is 1. The van der Waals surface area contributed by atoms with Crippen LogP contribution in [-0.4, -0.2) is 46.7 Å². The van der Waals surface area contributed by atoms with Gasteiger partial charge in [0.05, 0.1) is 6.04 Å². The van der Waals surface area contributed by atoms with Crippen LogP contribution in [0.25, 0.3) is 0 Å². The number of rotatable bonds is 10. The summed E-state index contributed by atoms with van der Waals surface area (Å²) in [5.41, 5.74) is 6.25. The normalized spacial score (nSPS) is 18.0. The van der Waals surface area contributed by atoms with E-state index < -0.39 is 18.2 Å². The first-order chi connectivity index (χ1) is 13.0. The van der Waals surface area contributed by atoms with Crippen LogP contribution in [0, 0.1) is 0 Å². The number of unbranched alkanes of at least 4 members (excludes halogenated alkanes) is 1. The molecule has 1 unspecified atom stereocenters. The van der Waals surface area contributed by atoms with Gasteiger partial charge in [0, 0.05) is 25.8 Å². The summed E-state index contributed by atoms with van der Waals surface area (Å²) in [6.07, 6.45) is 5.23. The zero-order valence-electron chi connectivity index (χ0n) is 15.3. The zero-order chi connectivity index (χ0) is 19.6. The van der Waals surface area contributed by atoms with Crippen LogP contribution in [0.1, 0.15) is 37.7 Å². The maximum absolute atomic E-state index is 12.3. The standard InChI is InChI=1S/C20H26N2O5/c21-20(26)27-17(14-15-8-4-3-5-9-15)16-11-12-18(23)22(16)13-7-2-1-6-10-19(24)25/h2-5,7-9,16-17H,1,6,10-14H2,(H2,21,26)(H,24,25)/b7-2-/t16-,17?/m1/s1. The molecular weight excluding hydrogens is 348 g/mol. The Morgan fingerprint density at radius 1 is 1.30 bits per heavy atom. The largest absolute Gasteiger partial charge is 0.481 e. The number of amides is 2. The molecule has 2 amide bonds. The summed E-state index contributed by atoms with van der Waals surface area (Å²) >= 11 is 0. The molecule has 0 spiro atoms. The van der Waals surface area contributed by atoms with Gasteiger partial charge in [-0.2, -0.15) is 0 Å². The molecule has 7 nitrogen and oxygen atoms in total. The van der Waals surface area contributed by atoms with Crippen molar-refractivity contribution in [3.05, 3.63) is 48.0 Å². The maximum atomic E-state index is 12.3. The highest BCUT2D eigenvalue weighted by Gasteiger charge is 2.37. The van der Waals surface area contributed by atoms with E-state index in [9.17, 15) is 14.4 Å².